The number of allylic oxidation sites excluding steroid dienone is 1. The van der Waals surface area contributed by atoms with Gasteiger partial charge < -0.3 is 4.57 Å². The highest BCUT2D eigenvalue weighted by Crippen LogP contribution is 2.27. The molecule has 2 aromatic carbocycles. The quantitative estimate of drug-likeness (QED) is 0.347. The van der Waals surface area contributed by atoms with Gasteiger partial charge in [0.05, 0.1) is 21.5 Å². The molecule has 0 aliphatic heterocycles. The number of nitrogens with zero attached hydrogens (tertiary/aromatic N) is 4. The summed E-state index contributed by atoms with van der Waals surface area (Å²) in [5, 5.41) is 31.2. The Balaban J connectivity index is 2.01. The van der Waals surface area contributed by atoms with Crippen LogP contribution in [0.25, 0.3) is 17.3 Å². The molecule has 0 unspecified atom stereocenters. The van der Waals surface area contributed by atoms with Gasteiger partial charge in [-0.05, 0) is 61.4 Å². The molecule has 1 aromatic heterocycles. The number of hydrogen-bond donors (Lipinski definition) is 0. The van der Waals surface area contributed by atoms with Gasteiger partial charge in [0.15, 0.2) is 0 Å². The number of non-ortho nitro benzene ring substituents is 2. The normalized spacial score (nSPS) is 11.1. The maximum atomic E-state index is 10.9. The molecular weight excluding hydrogens is 372 g/mol. The van der Waals surface area contributed by atoms with Gasteiger partial charge >= 0.3 is 0 Å². The van der Waals surface area contributed by atoms with Crippen molar-refractivity contribution in [2.45, 2.75) is 13.8 Å². The zero-order valence-electron chi connectivity index (χ0n) is 15.7. The fourth-order valence-electron chi connectivity index (χ4n) is 3.15. The molecule has 0 aliphatic carbocycles. The summed E-state index contributed by atoms with van der Waals surface area (Å²) in [5.41, 5.74) is 4.30. The molecular formula is C21H16N4O4. The second kappa shape index (κ2) is 7.78. The minimum atomic E-state index is -0.489. The Hall–Kier alpha value is -4.25. The van der Waals surface area contributed by atoms with E-state index in [0.29, 0.717) is 11.1 Å². The second-order valence-electron chi connectivity index (χ2n) is 6.41. The molecule has 3 aromatic rings. The number of nitro benzene ring substituents is 2. The lowest BCUT2D eigenvalue weighted by Crippen LogP contribution is -1.99. The van der Waals surface area contributed by atoms with Crippen LogP contribution < -0.4 is 0 Å². The smallest absolute Gasteiger partial charge is 0.269 e. The highest BCUT2D eigenvalue weighted by molar-refractivity contribution is 5.90. The molecule has 0 amide bonds. The van der Waals surface area contributed by atoms with Gasteiger partial charge in [-0.1, -0.05) is 0 Å². The fraction of sp³-hybridized carbons (Fsp3) is 0.0952. The number of hydrogen-bond acceptors (Lipinski definition) is 5. The van der Waals surface area contributed by atoms with E-state index in [1.807, 2.05) is 24.5 Å². The zero-order valence-corrected chi connectivity index (χ0v) is 15.7. The third-order valence-corrected chi connectivity index (χ3v) is 4.60. The Morgan fingerprint density at radius 3 is 1.97 bits per heavy atom. The summed E-state index contributed by atoms with van der Waals surface area (Å²) in [6.07, 6.45) is 1.73. The predicted molar refractivity (Wildman–Crippen MR) is 108 cm³/mol. The Kier molecular flexibility index (Phi) is 5.23. The maximum absolute atomic E-state index is 10.9. The Labute approximate surface area is 166 Å². The molecule has 0 aliphatic rings. The summed E-state index contributed by atoms with van der Waals surface area (Å²) in [6.45, 7) is 3.80. The van der Waals surface area contributed by atoms with E-state index < -0.39 is 9.85 Å². The molecule has 0 saturated heterocycles. The molecule has 0 atom stereocenters. The van der Waals surface area contributed by atoms with Gasteiger partial charge in [0.2, 0.25) is 0 Å². The van der Waals surface area contributed by atoms with E-state index in [2.05, 4.69) is 6.07 Å². The summed E-state index contributed by atoms with van der Waals surface area (Å²) >= 11 is 0. The summed E-state index contributed by atoms with van der Waals surface area (Å²) in [4.78, 5) is 20.7. The van der Waals surface area contributed by atoms with E-state index in [1.165, 1.54) is 24.3 Å². The first kappa shape index (κ1) is 19.5. The first-order valence-corrected chi connectivity index (χ1v) is 8.62. The van der Waals surface area contributed by atoms with Crippen molar-refractivity contribution < 1.29 is 9.85 Å². The Bertz CT molecular complexity index is 1170. The van der Waals surface area contributed by atoms with Gasteiger partial charge in [-0.2, -0.15) is 5.26 Å². The number of aryl methyl sites for hydroxylation is 1. The first-order chi connectivity index (χ1) is 13.8. The Morgan fingerprint density at radius 1 is 0.966 bits per heavy atom. The lowest BCUT2D eigenvalue weighted by Gasteiger charge is -2.09. The van der Waals surface area contributed by atoms with Crippen LogP contribution in [0.3, 0.4) is 0 Å². The van der Waals surface area contributed by atoms with Crippen molar-refractivity contribution in [3.8, 4) is 11.8 Å². The lowest BCUT2D eigenvalue weighted by atomic mass is 10.0. The minimum Gasteiger partial charge on any atom is -0.318 e. The second-order valence-corrected chi connectivity index (χ2v) is 6.41. The molecule has 0 fully saturated rings. The maximum Gasteiger partial charge on any atom is 0.269 e. The lowest BCUT2D eigenvalue weighted by molar-refractivity contribution is -0.385. The molecule has 3 rings (SSSR count). The van der Waals surface area contributed by atoms with Crippen LogP contribution in [0.2, 0.25) is 0 Å². The molecule has 0 bridgehead atoms. The van der Waals surface area contributed by atoms with Crippen molar-refractivity contribution in [3.63, 3.8) is 0 Å². The number of benzene rings is 2. The van der Waals surface area contributed by atoms with Crippen LogP contribution in [0.1, 0.15) is 22.5 Å². The third-order valence-electron chi connectivity index (χ3n) is 4.60. The molecule has 1 heterocycles. The first-order valence-electron chi connectivity index (χ1n) is 8.62. The average molecular weight is 388 g/mol. The van der Waals surface area contributed by atoms with E-state index in [4.69, 9.17) is 0 Å². The van der Waals surface area contributed by atoms with Crippen molar-refractivity contribution in [2.24, 2.45) is 0 Å². The highest BCUT2D eigenvalue weighted by atomic mass is 16.6. The molecule has 0 N–H and O–H groups in total. The van der Waals surface area contributed by atoms with Crippen LogP contribution in [0.4, 0.5) is 11.4 Å². The summed E-state index contributed by atoms with van der Waals surface area (Å²) in [6, 6.07) is 16.1. The molecule has 144 valence electrons. The molecule has 0 radical (unpaired) electrons. The topological polar surface area (TPSA) is 115 Å². The van der Waals surface area contributed by atoms with Crippen LogP contribution in [0.15, 0.2) is 54.6 Å². The van der Waals surface area contributed by atoms with Crippen LogP contribution >= 0.6 is 0 Å². The van der Waals surface area contributed by atoms with Crippen molar-refractivity contribution in [1.82, 2.24) is 4.57 Å². The average Bonchev–Trinajstić information content (AvgIpc) is 2.99. The third kappa shape index (κ3) is 3.89. The molecule has 0 spiro atoms. The van der Waals surface area contributed by atoms with Gasteiger partial charge in [-0.15, -0.1) is 0 Å². The van der Waals surface area contributed by atoms with E-state index in [9.17, 15) is 25.5 Å². The standard InChI is InChI=1S/C21H16N4O4/c1-14-11-17(12-18(13-22)16-3-5-20(6-4-16)24(26)27)15(2)23(14)19-7-9-21(10-8-19)25(28)29/h3-12H,1-2H3/b18-12-. The fourth-order valence-corrected chi connectivity index (χ4v) is 3.15. The van der Waals surface area contributed by atoms with E-state index in [1.54, 1.807) is 30.3 Å². The van der Waals surface area contributed by atoms with Crippen molar-refractivity contribution in [2.75, 3.05) is 0 Å². The zero-order chi connectivity index (χ0) is 21.1. The monoisotopic (exact) mass is 388 g/mol. The van der Waals surface area contributed by atoms with Gasteiger partial charge in [-0.3, -0.25) is 20.2 Å². The van der Waals surface area contributed by atoms with Gasteiger partial charge in [0, 0.05) is 41.3 Å². The van der Waals surface area contributed by atoms with Gasteiger partial charge in [0.1, 0.15) is 0 Å². The minimum absolute atomic E-state index is 0.0151. The van der Waals surface area contributed by atoms with Gasteiger partial charge in [0.25, 0.3) is 11.4 Å². The van der Waals surface area contributed by atoms with E-state index in [-0.39, 0.29) is 11.4 Å². The SMILES string of the molecule is Cc1cc(/C=C(/C#N)c2ccc([N+](=O)[O-])cc2)c(C)n1-c1ccc([N+](=O)[O-])cc1. The van der Waals surface area contributed by atoms with Crippen molar-refractivity contribution >= 4 is 23.0 Å². The highest BCUT2D eigenvalue weighted by Gasteiger charge is 2.13. The van der Waals surface area contributed by atoms with Gasteiger partial charge in [-0.25, -0.2) is 0 Å². The molecule has 8 nitrogen and oxygen atoms in total. The molecule has 29 heavy (non-hydrogen) atoms. The summed E-state index contributed by atoms with van der Waals surface area (Å²) in [5.74, 6) is 0. The molecule has 0 saturated carbocycles. The van der Waals surface area contributed by atoms with E-state index in [0.717, 1.165) is 22.6 Å². The largest absolute Gasteiger partial charge is 0.318 e. The van der Waals surface area contributed by atoms with Crippen LogP contribution in [-0.2, 0) is 0 Å². The summed E-state index contributed by atoms with van der Waals surface area (Å²) < 4.78 is 1.94. The molecule has 8 heteroatoms. The summed E-state index contributed by atoms with van der Waals surface area (Å²) in [7, 11) is 0. The number of nitriles is 1. The Morgan fingerprint density at radius 2 is 1.48 bits per heavy atom. The number of aromatic nitrogens is 1. The predicted octanol–water partition coefficient (Wildman–Crippen LogP) is 4.97. The van der Waals surface area contributed by atoms with Crippen LogP contribution in [0, 0.1) is 45.4 Å². The van der Waals surface area contributed by atoms with Crippen LogP contribution in [0.5, 0.6) is 0 Å². The van der Waals surface area contributed by atoms with E-state index >= 15 is 0 Å². The van der Waals surface area contributed by atoms with Crippen molar-refractivity contribution in [1.29, 1.82) is 5.26 Å². The van der Waals surface area contributed by atoms with Crippen LogP contribution in [-0.4, -0.2) is 14.4 Å². The number of nitro groups is 2. The number of rotatable bonds is 5. The van der Waals surface area contributed by atoms with Crippen molar-refractivity contribution in [3.05, 3.63) is 97.3 Å².